The quantitative estimate of drug-likeness (QED) is 0.340. The molecule has 0 fully saturated rings. The van der Waals surface area contributed by atoms with Crippen molar-refractivity contribution >= 4 is 57.8 Å². The third kappa shape index (κ3) is 3.46. The molecule has 3 nitrogen and oxygen atoms in total. The van der Waals surface area contributed by atoms with Crippen molar-refractivity contribution in [2.75, 3.05) is 6.26 Å². The summed E-state index contributed by atoms with van der Waals surface area (Å²) in [6, 6.07) is 10.6. The number of hydrogen-bond acceptors (Lipinski definition) is 4. The maximum atomic E-state index is 12.3. The summed E-state index contributed by atoms with van der Waals surface area (Å²) in [6.07, 6.45) is 4.93. The van der Waals surface area contributed by atoms with Crippen molar-refractivity contribution in [2.24, 2.45) is 0 Å². The Bertz CT molecular complexity index is 937. The zero-order chi connectivity index (χ0) is 17.3. The fourth-order valence-electron chi connectivity index (χ4n) is 2.20. The first-order valence-corrected chi connectivity index (χ1v) is 8.94. The smallest absolute Gasteiger partial charge is 0.221 e. The van der Waals surface area contributed by atoms with Gasteiger partial charge in [0.15, 0.2) is 11.5 Å². The minimum Gasteiger partial charge on any atom is -0.505 e. The highest BCUT2D eigenvalue weighted by molar-refractivity contribution is 7.98. The number of carbonyl (C=O) groups excluding carboxylic acids is 1. The van der Waals surface area contributed by atoms with Gasteiger partial charge in [-0.3, -0.25) is 4.79 Å². The SMILES string of the molecule is CSc1ccc2cc(C(=O)/C=C/c3cc(Cl)c(O)c(Cl)c3)oc2c1. The van der Waals surface area contributed by atoms with Gasteiger partial charge in [0.1, 0.15) is 5.58 Å². The van der Waals surface area contributed by atoms with Crippen molar-refractivity contribution in [1.29, 1.82) is 0 Å². The molecule has 2 aromatic carbocycles. The van der Waals surface area contributed by atoms with Crippen molar-refractivity contribution in [3.05, 3.63) is 63.8 Å². The van der Waals surface area contributed by atoms with Gasteiger partial charge in [-0.25, -0.2) is 0 Å². The van der Waals surface area contributed by atoms with E-state index < -0.39 is 0 Å². The Kier molecular flexibility index (Phi) is 4.90. The molecule has 0 spiro atoms. The van der Waals surface area contributed by atoms with E-state index in [1.807, 2.05) is 24.5 Å². The molecular formula is C18H12Cl2O3S. The molecule has 6 heteroatoms. The van der Waals surface area contributed by atoms with E-state index in [-0.39, 0.29) is 27.3 Å². The summed E-state index contributed by atoms with van der Waals surface area (Å²) in [5, 5.41) is 10.7. The molecule has 0 saturated carbocycles. The molecule has 0 aliphatic carbocycles. The van der Waals surface area contributed by atoms with Crippen LogP contribution < -0.4 is 0 Å². The van der Waals surface area contributed by atoms with E-state index in [2.05, 4.69) is 0 Å². The van der Waals surface area contributed by atoms with E-state index >= 15 is 0 Å². The minimum absolute atomic E-state index is 0.128. The molecule has 0 bridgehead atoms. The number of furan rings is 1. The number of aromatic hydroxyl groups is 1. The van der Waals surface area contributed by atoms with Gasteiger partial charge >= 0.3 is 0 Å². The summed E-state index contributed by atoms with van der Waals surface area (Å²) < 4.78 is 5.62. The van der Waals surface area contributed by atoms with E-state index in [1.165, 1.54) is 18.2 Å². The van der Waals surface area contributed by atoms with Gasteiger partial charge in [-0.1, -0.05) is 29.3 Å². The fraction of sp³-hybridized carbons (Fsp3) is 0.0556. The van der Waals surface area contributed by atoms with Gasteiger partial charge in [0.2, 0.25) is 5.78 Å². The van der Waals surface area contributed by atoms with Gasteiger partial charge in [-0.2, -0.15) is 0 Å². The number of thioether (sulfide) groups is 1. The van der Waals surface area contributed by atoms with Crippen LogP contribution in [0.15, 0.2) is 51.8 Å². The first-order valence-electron chi connectivity index (χ1n) is 6.96. The molecule has 3 aromatic rings. The van der Waals surface area contributed by atoms with Gasteiger partial charge < -0.3 is 9.52 Å². The highest BCUT2D eigenvalue weighted by Gasteiger charge is 2.11. The van der Waals surface area contributed by atoms with Crippen LogP contribution in [0.4, 0.5) is 0 Å². The van der Waals surface area contributed by atoms with Gasteiger partial charge in [0.05, 0.1) is 10.0 Å². The Hall–Kier alpha value is -1.88. The van der Waals surface area contributed by atoms with E-state index in [9.17, 15) is 9.90 Å². The summed E-state index contributed by atoms with van der Waals surface area (Å²) in [6.45, 7) is 0. The van der Waals surface area contributed by atoms with Crippen LogP contribution in [0.25, 0.3) is 17.0 Å². The summed E-state index contributed by atoms with van der Waals surface area (Å²) in [4.78, 5) is 13.3. The lowest BCUT2D eigenvalue weighted by molar-refractivity contribution is 0.102. The van der Waals surface area contributed by atoms with Crippen LogP contribution in [-0.4, -0.2) is 17.1 Å². The van der Waals surface area contributed by atoms with Crippen LogP contribution in [0.2, 0.25) is 10.0 Å². The van der Waals surface area contributed by atoms with Gasteiger partial charge in [0.25, 0.3) is 0 Å². The molecule has 0 atom stereocenters. The Morgan fingerprint density at radius 3 is 2.54 bits per heavy atom. The second kappa shape index (κ2) is 6.93. The van der Waals surface area contributed by atoms with E-state index in [4.69, 9.17) is 27.6 Å². The number of benzene rings is 2. The highest BCUT2D eigenvalue weighted by Crippen LogP contribution is 2.33. The molecular weight excluding hydrogens is 367 g/mol. The van der Waals surface area contributed by atoms with E-state index in [0.29, 0.717) is 11.1 Å². The third-order valence-electron chi connectivity index (χ3n) is 3.44. The van der Waals surface area contributed by atoms with Crippen LogP contribution in [0, 0.1) is 0 Å². The molecule has 1 aromatic heterocycles. The largest absolute Gasteiger partial charge is 0.505 e. The van der Waals surface area contributed by atoms with Crippen molar-refractivity contribution in [1.82, 2.24) is 0 Å². The molecule has 3 rings (SSSR count). The number of rotatable bonds is 4. The molecule has 0 unspecified atom stereocenters. The van der Waals surface area contributed by atoms with Gasteiger partial charge in [-0.05, 0) is 54.3 Å². The van der Waals surface area contributed by atoms with Crippen LogP contribution in [0.1, 0.15) is 16.1 Å². The number of halogens is 2. The summed E-state index contributed by atoms with van der Waals surface area (Å²) in [7, 11) is 0. The average Bonchev–Trinajstić information content (AvgIpc) is 3.00. The van der Waals surface area contributed by atoms with Crippen LogP contribution in [-0.2, 0) is 0 Å². The minimum atomic E-state index is -0.266. The summed E-state index contributed by atoms with van der Waals surface area (Å²) in [5.74, 6) is -0.184. The molecule has 0 aliphatic heterocycles. The van der Waals surface area contributed by atoms with Gasteiger partial charge in [-0.15, -0.1) is 11.8 Å². The summed E-state index contributed by atoms with van der Waals surface area (Å²) in [5.41, 5.74) is 1.28. The Balaban J connectivity index is 1.86. The highest BCUT2D eigenvalue weighted by atomic mass is 35.5. The topological polar surface area (TPSA) is 50.4 Å². The standard InChI is InChI=1S/C18H12Cl2O3S/c1-24-12-4-3-11-8-17(23-16(11)9-12)15(21)5-2-10-6-13(19)18(22)14(20)7-10/h2-9,22H,1H3/b5-2+. The van der Waals surface area contributed by atoms with Gasteiger partial charge in [0, 0.05) is 10.3 Å². The third-order valence-corrected chi connectivity index (χ3v) is 4.74. The van der Waals surface area contributed by atoms with Crippen molar-refractivity contribution in [2.45, 2.75) is 4.90 Å². The molecule has 0 amide bonds. The van der Waals surface area contributed by atoms with E-state index in [0.717, 1.165) is 10.3 Å². The maximum Gasteiger partial charge on any atom is 0.221 e. The Morgan fingerprint density at radius 1 is 1.17 bits per heavy atom. The number of phenolic OH excluding ortho intramolecular Hbond substituents is 1. The molecule has 0 saturated heterocycles. The zero-order valence-electron chi connectivity index (χ0n) is 12.5. The lowest BCUT2D eigenvalue weighted by atomic mass is 10.1. The van der Waals surface area contributed by atoms with Crippen LogP contribution in [0.3, 0.4) is 0 Å². The second-order valence-corrected chi connectivity index (χ2v) is 6.74. The monoisotopic (exact) mass is 378 g/mol. The molecule has 24 heavy (non-hydrogen) atoms. The average molecular weight is 379 g/mol. The first kappa shape index (κ1) is 17.0. The number of phenols is 1. The van der Waals surface area contributed by atoms with Crippen molar-refractivity contribution in [3.63, 3.8) is 0 Å². The molecule has 122 valence electrons. The molecule has 1 N–H and O–H groups in total. The number of ketones is 1. The molecule has 0 radical (unpaired) electrons. The predicted molar refractivity (Wildman–Crippen MR) is 99.5 cm³/mol. The van der Waals surface area contributed by atoms with Crippen molar-refractivity contribution in [3.8, 4) is 5.75 Å². The van der Waals surface area contributed by atoms with Crippen molar-refractivity contribution < 1.29 is 14.3 Å². The number of hydrogen-bond donors (Lipinski definition) is 1. The maximum absolute atomic E-state index is 12.3. The zero-order valence-corrected chi connectivity index (χ0v) is 14.9. The fourth-order valence-corrected chi connectivity index (χ4v) is 3.13. The molecule has 1 heterocycles. The summed E-state index contributed by atoms with van der Waals surface area (Å²) >= 11 is 13.3. The lowest BCUT2D eigenvalue weighted by Gasteiger charge is -2.01. The Labute approximate surface area is 152 Å². The van der Waals surface area contributed by atoms with Crippen LogP contribution in [0.5, 0.6) is 5.75 Å². The Morgan fingerprint density at radius 2 is 1.88 bits per heavy atom. The number of allylic oxidation sites excluding steroid dienone is 1. The number of carbonyl (C=O) groups is 1. The van der Waals surface area contributed by atoms with Crippen LogP contribution >= 0.6 is 35.0 Å². The lowest BCUT2D eigenvalue weighted by Crippen LogP contribution is -1.90. The number of fused-ring (bicyclic) bond motifs is 1. The molecule has 0 aliphatic rings. The first-order chi connectivity index (χ1) is 11.5. The second-order valence-electron chi connectivity index (χ2n) is 5.05. The normalized spacial score (nSPS) is 11.5. The predicted octanol–water partition coefficient (Wildman–Crippen LogP) is 6.06. The van der Waals surface area contributed by atoms with E-state index in [1.54, 1.807) is 23.9 Å².